The molecule has 1 N–H and O–H groups in total. The molecule has 0 aliphatic carbocycles. The predicted molar refractivity (Wildman–Crippen MR) is 133 cm³/mol. The van der Waals surface area contributed by atoms with Crippen molar-refractivity contribution in [3.8, 4) is 11.5 Å². The summed E-state index contributed by atoms with van der Waals surface area (Å²) in [5, 5.41) is 4.48. The van der Waals surface area contributed by atoms with Gasteiger partial charge >= 0.3 is 0 Å². The molecule has 0 spiro atoms. The van der Waals surface area contributed by atoms with Crippen LogP contribution in [0.1, 0.15) is 5.56 Å². The first-order valence-corrected chi connectivity index (χ1v) is 11.0. The second-order valence-corrected chi connectivity index (χ2v) is 8.07. The number of aromatic nitrogens is 2. The van der Waals surface area contributed by atoms with Gasteiger partial charge in [-0.1, -0.05) is 36.4 Å². The van der Waals surface area contributed by atoms with Crippen molar-refractivity contribution < 1.29 is 9.47 Å². The van der Waals surface area contributed by atoms with Gasteiger partial charge in [0, 0.05) is 31.7 Å². The van der Waals surface area contributed by atoms with Crippen molar-refractivity contribution in [3.05, 3.63) is 72.3 Å². The minimum atomic E-state index is 0.573. The van der Waals surface area contributed by atoms with E-state index in [0.717, 1.165) is 33.9 Å². The number of hydrogen-bond acceptors (Lipinski definition) is 7. The zero-order chi connectivity index (χ0) is 22.8. The Bertz CT molecular complexity index is 1290. The molecule has 4 aromatic rings. The molecular weight excluding hydrogens is 414 g/mol. The molecule has 0 radical (unpaired) electrons. The van der Waals surface area contributed by atoms with Crippen molar-refractivity contribution in [1.29, 1.82) is 0 Å². The SMILES string of the molecule is COc1cccc2c(NCc3ccccc3N(C)C)nc(N3CCOc4ccccc43)nc12. The normalized spacial score (nSPS) is 12.8. The molecule has 0 atom stereocenters. The molecule has 7 heteroatoms. The first-order chi connectivity index (χ1) is 16.2. The third kappa shape index (κ3) is 3.98. The zero-order valence-electron chi connectivity index (χ0n) is 19.1. The van der Waals surface area contributed by atoms with Gasteiger partial charge in [0.1, 0.15) is 29.4 Å². The molecule has 0 saturated heterocycles. The van der Waals surface area contributed by atoms with E-state index in [9.17, 15) is 0 Å². The van der Waals surface area contributed by atoms with Gasteiger partial charge in [-0.2, -0.15) is 4.98 Å². The van der Waals surface area contributed by atoms with Crippen molar-refractivity contribution >= 4 is 34.0 Å². The molecule has 168 valence electrons. The Kier molecular flexibility index (Phi) is 5.60. The fourth-order valence-electron chi connectivity index (χ4n) is 4.19. The van der Waals surface area contributed by atoms with Crippen LogP contribution < -0.4 is 24.6 Å². The largest absolute Gasteiger partial charge is 0.494 e. The number of fused-ring (bicyclic) bond motifs is 2. The molecule has 33 heavy (non-hydrogen) atoms. The van der Waals surface area contributed by atoms with E-state index in [1.54, 1.807) is 7.11 Å². The number of ether oxygens (including phenoxy) is 2. The van der Waals surface area contributed by atoms with Crippen molar-refractivity contribution in [1.82, 2.24) is 9.97 Å². The highest BCUT2D eigenvalue weighted by molar-refractivity contribution is 5.94. The van der Waals surface area contributed by atoms with Gasteiger partial charge < -0.3 is 24.6 Å². The molecule has 1 aliphatic rings. The molecule has 3 aromatic carbocycles. The Balaban J connectivity index is 1.59. The lowest BCUT2D eigenvalue weighted by atomic mass is 10.1. The van der Waals surface area contributed by atoms with Gasteiger partial charge in [0.05, 0.1) is 19.3 Å². The number of nitrogens with one attached hydrogen (secondary N) is 1. The average molecular weight is 442 g/mol. The second-order valence-electron chi connectivity index (χ2n) is 8.07. The summed E-state index contributed by atoms with van der Waals surface area (Å²) in [6, 6.07) is 22.3. The van der Waals surface area contributed by atoms with Gasteiger partial charge in [0.2, 0.25) is 5.95 Å². The van der Waals surface area contributed by atoms with Crippen molar-refractivity contribution in [2.24, 2.45) is 0 Å². The maximum atomic E-state index is 5.84. The van der Waals surface area contributed by atoms with E-state index in [-0.39, 0.29) is 0 Å². The van der Waals surface area contributed by atoms with E-state index in [2.05, 4.69) is 53.5 Å². The van der Waals surface area contributed by atoms with Crippen molar-refractivity contribution in [3.63, 3.8) is 0 Å². The van der Waals surface area contributed by atoms with Crippen molar-refractivity contribution in [2.45, 2.75) is 6.54 Å². The Labute approximate surface area is 193 Å². The Hall–Kier alpha value is -4.00. The highest BCUT2D eigenvalue weighted by atomic mass is 16.5. The van der Waals surface area contributed by atoms with E-state index in [0.29, 0.717) is 25.6 Å². The van der Waals surface area contributed by atoms with Gasteiger partial charge in [-0.05, 0) is 35.9 Å². The molecule has 0 unspecified atom stereocenters. The van der Waals surface area contributed by atoms with Gasteiger partial charge in [-0.15, -0.1) is 0 Å². The molecule has 1 aromatic heterocycles. The monoisotopic (exact) mass is 441 g/mol. The summed E-state index contributed by atoms with van der Waals surface area (Å²) in [5.41, 5.74) is 4.10. The Morgan fingerprint density at radius 1 is 1.00 bits per heavy atom. The van der Waals surface area contributed by atoms with Crippen LogP contribution in [0.5, 0.6) is 11.5 Å². The summed E-state index contributed by atoms with van der Waals surface area (Å²) >= 11 is 0. The number of rotatable bonds is 6. The number of para-hydroxylation sites is 4. The third-order valence-electron chi connectivity index (χ3n) is 5.79. The zero-order valence-corrected chi connectivity index (χ0v) is 19.1. The third-order valence-corrected chi connectivity index (χ3v) is 5.79. The van der Waals surface area contributed by atoms with E-state index in [1.807, 2.05) is 42.5 Å². The summed E-state index contributed by atoms with van der Waals surface area (Å²) in [7, 11) is 5.77. The summed E-state index contributed by atoms with van der Waals surface area (Å²) in [6.45, 7) is 1.88. The number of hydrogen-bond donors (Lipinski definition) is 1. The van der Waals surface area contributed by atoms with Crippen LogP contribution in [0.15, 0.2) is 66.7 Å². The van der Waals surface area contributed by atoms with E-state index < -0.39 is 0 Å². The molecule has 0 amide bonds. The minimum absolute atomic E-state index is 0.573. The maximum absolute atomic E-state index is 5.84. The van der Waals surface area contributed by atoms with Crippen LogP contribution in [0, 0.1) is 0 Å². The lowest BCUT2D eigenvalue weighted by Gasteiger charge is -2.30. The first-order valence-electron chi connectivity index (χ1n) is 11.0. The van der Waals surface area contributed by atoms with Crippen LogP contribution in [-0.4, -0.2) is 44.3 Å². The molecular formula is C26H27N5O2. The van der Waals surface area contributed by atoms with Crippen LogP contribution in [-0.2, 0) is 6.54 Å². The van der Waals surface area contributed by atoms with Crippen LogP contribution in [0.2, 0.25) is 0 Å². The minimum Gasteiger partial charge on any atom is -0.494 e. The molecule has 0 bridgehead atoms. The van der Waals surface area contributed by atoms with Crippen molar-refractivity contribution in [2.75, 3.05) is 49.5 Å². The maximum Gasteiger partial charge on any atom is 0.232 e. The van der Waals surface area contributed by atoms with Gasteiger partial charge in [-0.3, -0.25) is 0 Å². The quantitative estimate of drug-likeness (QED) is 0.459. The van der Waals surface area contributed by atoms with Gasteiger partial charge in [0.25, 0.3) is 0 Å². The standard InChI is InChI=1S/C26H27N5O2/c1-30(2)20-11-5-4-9-18(20)17-27-25-19-10-8-14-23(32-3)24(19)28-26(29-25)31-15-16-33-22-13-7-6-12-21(22)31/h4-14H,15-17H2,1-3H3,(H,27,28,29). The van der Waals surface area contributed by atoms with Crippen LogP contribution >= 0.6 is 0 Å². The highest BCUT2D eigenvalue weighted by Crippen LogP contribution is 2.37. The number of nitrogens with zero attached hydrogens (tertiary/aromatic N) is 4. The smallest absolute Gasteiger partial charge is 0.232 e. The van der Waals surface area contributed by atoms with E-state index >= 15 is 0 Å². The molecule has 1 aliphatic heterocycles. The lowest BCUT2D eigenvalue weighted by Crippen LogP contribution is -2.30. The summed E-state index contributed by atoms with van der Waals surface area (Å²) < 4.78 is 11.5. The van der Waals surface area contributed by atoms with Crippen LogP contribution in [0.4, 0.5) is 23.1 Å². The van der Waals surface area contributed by atoms with E-state index in [1.165, 1.54) is 11.3 Å². The first kappa shape index (κ1) is 20.9. The fourth-order valence-corrected chi connectivity index (χ4v) is 4.19. The Morgan fingerprint density at radius 3 is 2.67 bits per heavy atom. The molecule has 0 fully saturated rings. The molecule has 7 nitrogen and oxygen atoms in total. The van der Waals surface area contributed by atoms with Crippen LogP contribution in [0.3, 0.4) is 0 Å². The number of methoxy groups -OCH3 is 1. The summed E-state index contributed by atoms with van der Waals surface area (Å²) in [6.07, 6.45) is 0. The highest BCUT2D eigenvalue weighted by Gasteiger charge is 2.23. The van der Waals surface area contributed by atoms with Gasteiger partial charge in [0.15, 0.2) is 0 Å². The molecule has 5 rings (SSSR count). The molecule has 2 heterocycles. The Morgan fingerprint density at radius 2 is 1.82 bits per heavy atom. The number of anilines is 4. The summed E-state index contributed by atoms with van der Waals surface area (Å²) in [4.78, 5) is 14.1. The lowest BCUT2D eigenvalue weighted by molar-refractivity contribution is 0.313. The topological polar surface area (TPSA) is 62.8 Å². The van der Waals surface area contributed by atoms with E-state index in [4.69, 9.17) is 19.4 Å². The van der Waals surface area contributed by atoms with Crippen LogP contribution in [0.25, 0.3) is 10.9 Å². The number of benzene rings is 3. The average Bonchev–Trinajstić information content (AvgIpc) is 2.86. The van der Waals surface area contributed by atoms with Gasteiger partial charge in [-0.25, -0.2) is 4.98 Å². The fraction of sp³-hybridized carbons (Fsp3) is 0.231. The predicted octanol–water partition coefficient (Wildman–Crippen LogP) is 4.85. The second kappa shape index (κ2) is 8.86. The summed E-state index contributed by atoms with van der Waals surface area (Å²) in [5.74, 6) is 2.94. The molecule has 0 saturated carbocycles.